The lowest BCUT2D eigenvalue weighted by Gasteiger charge is -2.07. The maximum atomic E-state index is 11.4. The van der Waals surface area contributed by atoms with E-state index in [1.807, 2.05) is 13.0 Å². The highest BCUT2D eigenvalue weighted by atomic mass is 16.2. The standard InChI is InChI=1S/C11H16N4O2/c1-8-2-3-13-5-9(8)6-14-11(17)7-15-10(16)4-12/h2-3,5H,4,6-7,12H2,1H3,(H,14,17)(H,15,16). The average molecular weight is 236 g/mol. The summed E-state index contributed by atoms with van der Waals surface area (Å²) in [5.41, 5.74) is 7.10. The van der Waals surface area contributed by atoms with Crippen LogP contribution in [0, 0.1) is 6.92 Å². The summed E-state index contributed by atoms with van der Waals surface area (Å²) in [5, 5.41) is 5.08. The van der Waals surface area contributed by atoms with Gasteiger partial charge in [-0.05, 0) is 24.1 Å². The van der Waals surface area contributed by atoms with Crippen LogP contribution in [0.1, 0.15) is 11.1 Å². The van der Waals surface area contributed by atoms with Gasteiger partial charge in [-0.15, -0.1) is 0 Å². The monoisotopic (exact) mass is 236 g/mol. The Labute approximate surface area is 99.6 Å². The third-order valence-corrected chi connectivity index (χ3v) is 2.26. The molecular weight excluding hydrogens is 220 g/mol. The molecule has 0 unspecified atom stereocenters. The van der Waals surface area contributed by atoms with Gasteiger partial charge in [-0.2, -0.15) is 0 Å². The third-order valence-electron chi connectivity index (χ3n) is 2.26. The molecule has 0 saturated carbocycles. The molecule has 0 saturated heterocycles. The van der Waals surface area contributed by atoms with Gasteiger partial charge in [-0.25, -0.2) is 0 Å². The highest BCUT2D eigenvalue weighted by molar-refractivity contribution is 5.85. The molecule has 92 valence electrons. The Morgan fingerprint density at radius 1 is 1.35 bits per heavy atom. The largest absolute Gasteiger partial charge is 0.350 e. The first-order valence-corrected chi connectivity index (χ1v) is 5.26. The minimum atomic E-state index is -0.349. The summed E-state index contributed by atoms with van der Waals surface area (Å²) >= 11 is 0. The lowest BCUT2D eigenvalue weighted by molar-refractivity contribution is -0.125. The van der Waals surface area contributed by atoms with Crippen LogP contribution in [-0.4, -0.2) is 29.9 Å². The quantitative estimate of drug-likeness (QED) is 0.616. The molecule has 0 aromatic carbocycles. The minimum Gasteiger partial charge on any atom is -0.350 e. The van der Waals surface area contributed by atoms with Crippen molar-refractivity contribution in [2.24, 2.45) is 5.73 Å². The average Bonchev–Trinajstić information content (AvgIpc) is 2.35. The molecule has 6 nitrogen and oxygen atoms in total. The second kappa shape index (κ2) is 6.59. The van der Waals surface area contributed by atoms with Crippen molar-refractivity contribution in [1.82, 2.24) is 15.6 Å². The molecule has 0 bridgehead atoms. The Morgan fingerprint density at radius 3 is 2.76 bits per heavy atom. The van der Waals surface area contributed by atoms with Crippen LogP contribution in [0.2, 0.25) is 0 Å². The number of hydrogen-bond acceptors (Lipinski definition) is 4. The number of nitrogens with two attached hydrogens (primary N) is 1. The number of amides is 2. The Kier molecular flexibility index (Phi) is 5.09. The number of carbonyl (C=O) groups is 2. The fraction of sp³-hybridized carbons (Fsp3) is 0.364. The molecule has 4 N–H and O–H groups in total. The smallest absolute Gasteiger partial charge is 0.239 e. The number of hydrogen-bond donors (Lipinski definition) is 3. The fourth-order valence-electron chi connectivity index (χ4n) is 1.19. The van der Waals surface area contributed by atoms with E-state index in [0.717, 1.165) is 11.1 Å². The van der Waals surface area contributed by atoms with Gasteiger partial charge in [0.15, 0.2) is 0 Å². The van der Waals surface area contributed by atoms with E-state index in [-0.39, 0.29) is 24.9 Å². The normalized spacial score (nSPS) is 9.76. The Morgan fingerprint density at radius 2 is 2.12 bits per heavy atom. The summed E-state index contributed by atoms with van der Waals surface area (Å²) in [6, 6.07) is 1.87. The number of aryl methyl sites for hydroxylation is 1. The number of aromatic nitrogens is 1. The van der Waals surface area contributed by atoms with E-state index < -0.39 is 0 Å². The van der Waals surface area contributed by atoms with Crippen LogP contribution in [0.15, 0.2) is 18.5 Å². The van der Waals surface area contributed by atoms with E-state index in [1.54, 1.807) is 12.4 Å². The maximum absolute atomic E-state index is 11.4. The van der Waals surface area contributed by atoms with E-state index in [0.29, 0.717) is 6.54 Å². The van der Waals surface area contributed by atoms with Crippen molar-refractivity contribution in [2.45, 2.75) is 13.5 Å². The van der Waals surface area contributed by atoms with Crippen molar-refractivity contribution in [3.05, 3.63) is 29.6 Å². The second-order valence-corrected chi connectivity index (χ2v) is 3.56. The van der Waals surface area contributed by atoms with Gasteiger partial charge in [0, 0.05) is 18.9 Å². The van der Waals surface area contributed by atoms with E-state index >= 15 is 0 Å². The predicted molar refractivity (Wildman–Crippen MR) is 62.9 cm³/mol. The van der Waals surface area contributed by atoms with E-state index in [1.165, 1.54) is 0 Å². The summed E-state index contributed by atoms with van der Waals surface area (Å²) in [5.74, 6) is -0.604. The lowest BCUT2D eigenvalue weighted by atomic mass is 10.1. The summed E-state index contributed by atoms with van der Waals surface area (Å²) in [6.07, 6.45) is 3.40. The van der Waals surface area contributed by atoms with Gasteiger partial charge in [-0.3, -0.25) is 14.6 Å². The number of nitrogens with one attached hydrogen (secondary N) is 2. The van der Waals surface area contributed by atoms with E-state index in [9.17, 15) is 9.59 Å². The molecular formula is C11H16N4O2. The Bertz CT molecular complexity index is 406. The SMILES string of the molecule is Cc1ccncc1CNC(=O)CNC(=O)CN. The zero-order valence-electron chi connectivity index (χ0n) is 9.69. The van der Waals surface area contributed by atoms with Crippen molar-refractivity contribution < 1.29 is 9.59 Å². The van der Waals surface area contributed by atoms with Crippen LogP contribution >= 0.6 is 0 Å². The predicted octanol–water partition coefficient (Wildman–Crippen LogP) is -0.919. The summed E-state index contributed by atoms with van der Waals surface area (Å²) < 4.78 is 0. The zero-order valence-corrected chi connectivity index (χ0v) is 9.69. The molecule has 0 fully saturated rings. The molecule has 17 heavy (non-hydrogen) atoms. The molecule has 0 aliphatic heterocycles. The molecule has 1 heterocycles. The van der Waals surface area contributed by atoms with Crippen molar-refractivity contribution in [1.29, 1.82) is 0 Å². The molecule has 0 spiro atoms. The van der Waals surface area contributed by atoms with E-state index in [4.69, 9.17) is 5.73 Å². The molecule has 2 amide bonds. The van der Waals surface area contributed by atoms with Crippen LogP contribution in [0.4, 0.5) is 0 Å². The molecule has 1 aromatic heterocycles. The van der Waals surface area contributed by atoms with Crippen LogP contribution in [0.5, 0.6) is 0 Å². The number of carbonyl (C=O) groups excluding carboxylic acids is 2. The first-order valence-electron chi connectivity index (χ1n) is 5.26. The molecule has 6 heteroatoms. The van der Waals surface area contributed by atoms with Crippen LogP contribution < -0.4 is 16.4 Å². The van der Waals surface area contributed by atoms with Gasteiger partial charge >= 0.3 is 0 Å². The highest BCUT2D eigenvalue weighted by Crippen LogP contribution is 2.03. The van der Waals surface area contributed by atoms with Gasteiger partial charge in [0.1, 0.15) is 0 Å². The molecule has 0 aliphatic rings. The van der Waals surface area contributed by atoms with Gasteiger partial charge in [0.05, 0.1) is 13.1 Å². The van der Waals surface area contributed by atoms with Crippen molar-refractivity contribution in [2.75, 3.05) is 13.1 Å². The van der Waals surface area contributed by atoms with Crippen molar-refractivity contribution in [3.63, 3.8) is 0 Å². The first-order chi connectivity index (χ1) is 8.13. The van der Waals surface area contributed by atoms with Gasteiger partial charge < -0.3 is 16.4 Å². The molecule has 1 rings (SSSR count). The van der Waals surface area contributed by atoms with E-state index in [2.05, 4.69) is 15.6 Å². The third kappa shape index (κ3) is 4.60. The Balaban J connectivity index is 2.34. The fourth-order valence-corrected chi connectivity index (χ4v) is 1.19. The van der Waals surface area contributed by atoms with Gasteiger partial charge in [0.25, 0.3) is 0 Å². The minimum absolute atomic E-state index is 0.0602. The number of rotatable bonds is 5. The molecule has 0 radical (unpaired) electrons. The van der Waals surface area contributed by atoms with Crippen LogP contribution in [0.3, 0.4) is 0 Å². The molecule has 1 aromatic rings. The van der Waals surface area contributed by atoms with Crippen molar-refractivity contribution >= 4 is 11.8 Å². The summed E-state index contributed by atoms with van der Waals surface area (Å²) in [7, 11) is 0. The summed E-state index contributed by atoms with van der Waals surface area (Å²) in [6.45, 7) is 2.17. The Hall–Kier alpha value is -1.95. The van der Waals surface area contributed by atoms with Gasteiger partial charge in [-0.1, -0.05) is 0 Å². The number of nitrogens with zero attached hydrogens (tertiary/aromatic N) is 1. The summed E-state index contributed by atoms with van der Waals surface area (Å²) in [4.78, 5) is 26.2. The second-order valence-electron chi connectivity index (χ2n) is 3.56. The lowest BCUT2D eigenvalue weighted by Crippen LogP contribution is -2.39. The first kappa shape index (κ1) is 13.1. The molecule has 0 atom stereocenters. The van der Waals surface area contributed by atoms with Gasteiger partial charge in [0.2, 0.25) is 11.8 Å². The topological polar surface area (TPSA) is 97.1 Å². The van der Waals surface area contributed by atoms with Crippen LogP contribution in [0.25, 0.3) is 0 Å². The van der Waals surface area contributed by atoms with Crippen LogP contribution in [-0.2, 0) is 16.1 Å². The highest BCUT2D eigenvalue weighted by Gasteiger charge is 2.04. The van der Waals surface area contributed by atoms with Crippen molar-refractivity contribution in [3.8, 4) is 0 Å². The number of pyridine rings is 1. The molecule has 0 aliphatic carbocycles. The zero-order chi connectivity index (χ0) is 12.7. The maximum Gasteiger partial charge on any atom is 0.239 e.